The first-order valence-electron chi connectivity index (χ1n) is 21.9. The number of H-pyrrole nitrogens is 2. The minimum absolute atomic E-state index is 0.0195. The van der Waals surface area contributed by atoms with E-state index in [0.29, 0.717) is 59.1 Å². The fraction of sp³-hybridized carbons (Fsp3) is 0.306. The number of aromatic carboxylic acids is 1. The molecule has 364 valence electrons. The Morgan fingerprint density at radius 3 is 1.51 bits per heavy atom. The molecule has 2 aromatic carbocycles. The lowest BCUT2D eigenvalue weighted by Crippen LogP contribution is -2.40. The zero-order valence-electron chi connectivity index (χ0n) is 39.2. The van der Waals surface area contributed by atoms with Gasteiger partial charge in [-0.2, -0.15) is 19.9 Å². The number of carboxylic acid groups (broad SMARTS) is 1. The van der Waals surface area contributed by atoms with Crippen LogP contribution in [-0.4, -0.2) is 88.9 Å². The van der Waals surface area contributed by atoms with Crippen LogP contribution in [0.4, 0.5) is 23.5 Å². The number of hydrogen-bond acceptors (Lipinski definition) is 16. The third-order valence-corrected chi connectivity index (χ3v) is 10.5. The lowest BCUT2D eigenvalue weighted by Gasteiger charge is -2.17. The van der Waals surface area contributed by atoms with Gasteiger partial charge in [0, 0.05) is 30.8 Å². The number of aryl methyl sites for hydroxylation is 4. The summed E-state index contributed by atoms with van der Waals surface area (Å²) in [5.74, 6) is -0.957. The van der Waals surface area contributed by atoms with E-state index in [4.69, 9.17) is 38.5 Å². The quantitative estimate of drug-likeness (QED) is 0.0362. The summed E-state index contributed by atoms with van der Waals surface area (Å²) < 4.78 is 4.72. The van der Waals surface area contributed by atoms with Gasteiger partial charge in [0.2, 0.25) is 11.9 Å². The summed E-state index contributed by atoms with van der Waals surface area (Å²) >= 11 is 0. The van der Waals surface area contributed by atoms with Crippen molar-refractivity contribution in [2.45, 2.75) is 91.1 Å². The van der Waals surface area contributed by atoms with Crippen molar-refractivity contribution >= 4 is 80.8 Å². The van der Waals surface area contributed by atoms with Crippen LogP contribution < -0.4 is 34.0 Å². The smallest absolute Gasteiger partial charge is 0.335 e. The van der Waals surface area contributed by atoms with Crippen LogP contribution in [0.1, 0.15) is 96.3 Å². The van der Waals surface area contributed by atoms with E-state index in [1.807, 2.05) is 36.7 Å². The zero-order chi connectivity index (χ0) is 50.9. The second kappa shape index (κ2) is 25.0. The maximum absolute atomic E-state index is 12.6. The van der Waals surface area contributed by atoms with E-state index in [0.717, 1.165) is 52.3 Å². The SMILES string of the molecule is C=C(CC(C)=O)C[C@H](N)C(=O)OCC.C=C(CC(C)=O)C[C@H](NC(=O)c1ccc(CCc2c[nH]c3nc(N)nc(N)c23)cc1)C(C)=O.Nc1nc(N)c2c(CCc3ccc(C(=O)O)cc3)c[nH]c2n1. The van der Waals surface area contributed by atoms with E-state index in [9.17, 15) is 28.8 Å². The summed E-state index contributed by atoms with van der Waals surface area (Å²) in [5.41, 5.74) is 36.0. The number of ketones is 3. The molecule has 4 aromatic heterocycles. The number of amides is 1. The molecule has 0 saturated carbocycles. The van der Waals surface area contributed by atoms with Gasteiger partial charge in [-0.25, -0.2) is 4.79 Å². The van der Waals surface area contributed by atoms with E-state index in [-0.39, 0.29) is 60.0 Å². The maximum Gasteiger partial charge on any atom is 0.335 e. The number of rotatable bonds is 20. The molecule has 0 fully saturated rings. The van der Waals surface area contributed by atoms with Crippen molar-refractivity contribution in [2.75, 3.05) is 29.5 Å². The van der Waals surface area contributed by atoms with Crippen LogP contribution in [0.15, 0.2) is 85.2 Å². The molecule has 20 heteroatoms. The number of ether oxygens (including phenoxy) is 1. The third kappa shape index (κ3) is 16.2. The molecule has 6 rings (SSSR count). The molecule has 6 aromatic rings. The molecule has 14 N–H and O–H groups in total. The number of nitrogens with zero attached hydrogens (tertiary/aromatic N) is 4. The second-order valence-electron chi connectivity index (χ2n) is 16.4. The first kappa shape index (κ1) is 53.4. The number of hydrogen-bond donors (Lipinski definition) is 9. The van der Waals surface area contributed by atoms with Gasteiger partial charge in [0.25, 0.3) is 5.91 Å². The number of fused-ring (bicyclic) bond motifs is 2. The average Bonchev–Trinajstić information content (AvgIpc) is 3.89. The van der Waals surface area contributed by atoms with E-state index < -0.39 is 24.0 Å². The highest BCUT2D eigenvalue weighted by Gasteiger charge is 2.20. The van der Waals surface area contributed by atoms with Gasteiger partial charge >= 0.3 is 11.9 Å². The molecule has 0 radical (unpaired) electrons. The molecule has 0 unspecified atom stereocenters. The van der Waals surface area contributed by atoms with Gasteiger partial charge in [-0.1, -0.05) is 48.6 Å². The predicted octanol–water partition coefficient (Wildman–Crippen LogP) is 4.93. The van der Waals surface area contributed by atoms with Crippen molar-refractivity contribution in [1.82, 2.24) is 35.2 Å². The van der Waals surface area contributed by atoms with Crippen LogP contribution in [-0.2, 0) is 49.6 Å². The minimum Gasteiger partial charge on any atom is -0.478 e. The highest BCUT2D eigenvalue weighted by Crippen LogP contribution is 2.25. The molecule has 4 heterocycles. The Morgan fingerprint density at radius 1 is 0.667 bits per heavy atom. The fourth-order valence-corrected chi connectivity index (χ4v) is 7.20. The Bertz CT molecular complexity index is 2830. The number of esters is 1. The molecule has 69 heavy (non-hydrogen) atoms. The van der Waals surface area contributed by atoms with Gasteiger partial charge in [-0.05, 0) is 113 Å². The van der Waals surface area contributed by atoms with Crippen LogP contribution in [0, 0.1) is 0 Å². The highest BCUT2D eigenvalue weighted by atomic mass is 16.5. The Labute approximate surface area is 398 Å². The molecule has 0 saturated heterocycles. The number of nitrogens with two attached hydrogens (primary N) is 5. The van der Waals surface area contributed by atoms with Gasteiger partial charge in [-0.15, -0.1) is 0 Å². The van der Waals surface area contributed by atoms with Gasteiger partial charge in [0.15, 0.2) is 5.78 Å². The minimum atomic E-state index is -0.925. The lowest BCUT2D eigenvalue weighted by molar-refractivity contribution is -0.144. The molecule has 2 atom stereocenters. The van der Waals surface area contributed by atoms with Gasteiger partial charge in [0.05, 0.1) is 29.0 Å². The largest absolute Gasteiger partial charge is 0.478 e. The number of carbonyl (C=O) groups is 6. The Kier molecular flexibility index (Phi) is 19.4. The molecule has 0 spiro atoms. The summed E-state index contributed by atoms with van der Waals surface area (Å²) in [6.07, 6.45) is 7.62. The van der Waals surface area contributed by atoms with Crippen LogP contribution in [0.2, 0.25) is 0 Å². The molecule has 20 nitrogen and oxygen atoms in total. The first-order chi connectivity index (χ1) is 32.6. The van der Waals surface area contributed by atoms with E-state index in [1.165, 1.54) is 20.8 Å². The number of nitrogens with one attached hydrogen (secondary N) is 3. The average molecular weight is 945 g/mol. The Morgan fingerprint density at radius 2 is 1.10 bits per heavy atom. The number of nitrogen functional groups attached to an aromatic ring is 4. The number of benzene rings is 2. The van der Waals surface area contributed by atoms with Gasteiger partial charge in [-0.3, -0.25) is 24.0 Å². The molecule has 0 aliphatic heterocycles. The van der Waals surface area contributed by atoms with Crippen molar-refractivity contribution in [2.24, 2.45) is 5.73 Å². The standard InChI is InChI=1S/C24H28N6O3.C15H15N5O2.C10H17NO3/c1-13(10-14(2)31)11-19(15(3)32)28-23(33)17-7-4-16(5-8-17)6-9-18-12-27-22-20(18)21(25)29-24(26)30-22;16-12-11-10(7-18-13(11)20-15(17)19-12)6-3-8-1-4-9(5-2-8)14(21)22;1-4-14-10(13)9(11)6-7(2)5-8(3)12/h4-5,7-8,12,19H,1,6,9-11H2,2-3H3,(H,28,33)(H5,25,26,27,29,30);1-2,4-5,7H,3,6H2,(H,21,22)(H5,16,17,18,19,20);9H,2,4-6,11H2,1,3H3/t19-;;9-/m0.0/s1. The summed E-state index contributed by atoms with van der Waals surface area (Å²) in [4.78, 5) is 90.8. The van der Waals surface area contributed by atoms with E-state index in [2.05, 4.69) is 48.4 Å². The Balaban J connectivity index is 0.000000248. The van der Waals surface area contributed by atoms with E-state index >= 15 is 0 Å². The number of carboxylic acids is 1. The normalized spacial score (nSPS) is 11.6. The monoisotopic (exact) mass is 944 g/mol. The second-order valence-corrected chi connectivity index (χ2v) is 16.4. The molecule has 0 aliphatic rings. The number of aromatic amines is 2. The van der Waals surface area contributed by atoms with Crippen LogP contribution in [0.25, 0.3) is 22.1 Å². The van der Waals surface area contributed by atoms with Gasteiger partial charge < -0.3 is 53.8 Å². The maximum atomic E-state index is 12.6. The zero-order valence-corrected chi connectivity index (χ0v) is 39.2. The summed E-state index contributed by atoms with van der Waals surface area (Å²) in [6.45, 7) is 13.9. The van der Waals surface area contributed by atoms with Crippen LogP contribution in [0.3, 0.4) is 0 Å². The van der Waals surface area contributed by atoms with E-state index in [1.54, 1.807) is 31.2 Å². The third-order valence-electron chi connectivity index (χ3n) is 10.5. The topological polar surface area (TPSA) is 357 Å². The molecular formula is C49H60N12O8. The lowest BCUT2D eigenvalue weighted by atomic mass is 10.00. The predicted molar refractivity (Wildman–Crippen MR) is 265 cm³/mol. The van der Waals surface area contributed by atoms with Crippen molar-refractivity contribution in [1.29, 1.82) is 0 Å². The van der Waals surface area contributed by atoms with Crippen LogP contribution in [0.5, 0.6) is 0 Å². The number of aromatic nitrogens is 6. The van der Waals surface area contributed by atoms with Crippen LogP contribution >= 0.6 is 0 Å². The fourth-order valence-electron chi connectivity index (χ4n) is 7.20. The van der Waals surface area contributed by atoms with Crippen molar-refractivity contribution in [3.8, 4) is 0 Å². The number of anilines is 4. The molecular weight excluding hydrogens is 885 g/mol. The number of carbonyl (C=O) groups excluding carboxylic acids is 5. The highest BCUT2D eigenvalue weighted by molar-refractivity contribution is 5.98. The summed E-state index contributed by atoms with van der Waals surface area (Å²) in [7, 11) is 0. The molecule has 1 amide bonds. The molecule has 0 bridgehead atoms. The first-order valence-corrected chi connectivity index (χ1v) is 21.9. The van der Waals surface area contributed by atoms with Crippen molar-refractivity contribution in [3.63, 3.8) is 0 Å². The van der Waals surface area contributed by atoms with Crippen molar-refractivity contribution in [3.05, 3.63) is 119 Å². The summed E-state index contributed by atoms with van der Waals surface area (Å²) in [6, 6.07) is 12.6. The Hall–Kier alpha value is -8.26. The molecule has 0 aliphatic carbocycles. The summed E-state index contributed by atoms with van der Waals surface area (Å²) in [5, 5.41) is 13.2. The van der Waals surface area contributed by atoms with Crippen molar-refractivity contribution < 1.29 is 38.6 Å². The van der Waals surface area contributed by atoms with Gasteiger partial charge in [0.1, 0.15) is 40.5 Å². The number of Topliss-reactive ketones (excluding diaryl/α,β-unsaturated/α-hetero) is 3.